The maximum atomic E-state index is 11.7. The molecule has 0 bridgehead atoms. The number of benzene rings is 1. The van der Waals surface area contributed by atoms with Crippen LogP contribution in [-0.2, 0) is 0 Å². The topological polar surface area (TPSA) is 80.4 Å². The normalized spacial score (nSPS) is 10.4. The van der Waals surface area contributed by atoms with Crippen LogP contribution in [0.3, 0.4) is 0 Å². The quantitative estimate of drug-likeness (QED) is 0.484. The fraction of sp³-hybridized carbons (Fsp3) is 0. The molecule has 0 unspecified atom stereocenters. The Balaban J connectivity index is 1.96. The summed E-state index contributed by atoms with van der Waals surface area (Å²) in [6.07, 6.45) is 4.85. The van der Waals surface area contributed by atoms with Gasteiger partial charge < -0.3 is 5.73 Å². The van der Waals surface area contributed by atoms with Crippen LogP contribution in [0.25, 0.3) is 0 Å². The first kappa shape index (κ1) is 11.8. The van der Waals surface area contributed by atoms with Gasteiger partial charge in [-0.3, -0.25) is 9.78 Å². The molecule has 1 heterocycles. The van der Waals surface area contributed by atoms with E-state index in [1.165, 1.54) is 6.21 Å². The van der Waals surface area contributed by atoms with E-state index < -0.39 is 0 Å². The SMILES string of the molecule is Nc1ccc(C(=O)NN=Cc2cccnc2)cc1. The maximum Gasteiger partial charge on any atom is 0.271 e. The predicted octanol–water partition coefficient (Wildman–Crippen LogP) is 1.43. The van der Waals surface area contributed by atoms with E-state index in [0.717, 1.165) is 5.56 Å². The Morgan fingerprint density at radius 3 is 2.72 bits per heavy atom. The van der Waals surface area contributed by atoms with Crippen LogP contribution >= 0.6 is 0 Å². The third-order valence-corrected chi connectivity index (χ3v) is 2.24. The van der Waals surface area contributed by atoms with Gasteiger partial charge in [-0.1, -0.05) is 6.07 Å². The molecule has 90 valence electrons. The predicted molar refractivity (Wildman–Crippen MR) is 70.2 cm³/mol. The number of nitrogens with two attached hydrogens (primary N) is 1. The lowest BCUT2D eigenvalue weighted by Gasteiger charge is -1.99. The van der Waals surface area contributed by atoms with Crippen LogP contribution in [0.1, 0.15) is 15.9 Å². The van der Waals surface area contributed by atoms with Crippen molar-refractivity contribution < 1.29 is 4.79 Å². The molecule has 0 aliphatic heterocycles. The monoisotopic (exact) mass is 240 g/mol. The first-order chi connectivity index (χ1) is 8.75. The first-order valence-electron chi connectivity index (χ1n) is 5.35. The highest BCUT2D eigenvalue weighted by molar-refractivity contribution is 5.95. The molecule has 5 nitrogen and oxygen atoms in total. The Labute approximate surface area is 104 Å². The van der Waals surface area contributed by atoms with Gasteiger partial charge in [0.05, 0.1) is 6.21 Å². The number of carbonyl (C=O) groups is 1. The van der Waals surface area contributed by atoms with Crippen molar-refractivity contribution in [3.63, 3.8) is 0 Å². The highest BCUT2D eigenvalue weighted by Crippen LogP contribution is 2.04. The van der Waals surface area contributed by atoms with E-state index in [1.807, 2.05) is 6.07 Å². The molecule has 0 fully saturated rings. The summed E-state index contributed by atoms with van der Waals surface area (Å²) in [4.78, 5) is 15.6. The van der Waals surface area contributed by atoms with Gasteiger partial charge in [0, 0.05) is 29.2 Å². The largest absolute Gasteiger partial charge is 0.399 e. The van der Waals surface area contributed by atoms with Gasteiger partial charge in [0.2, 0.25) is 0 Å². The summed E-state index contributed by atoms with van der Waals surface area (Å²) in [5, 5.41) is 3.84. The smallest absolute Gasteiger partial charge is 0.271 e. The van der Waals surface area contributed by atoms with Crippen LogP contribution in [0.4, 0.5) is 5.69 Å². The van der Waals surface area contributed by atoms with Crippen LogP contribution < -0.4 is 11.2 Å². The molecule has 0 saturated heterocycles. The van der Waals surface area contributed by atoms with Crippen LogP contribution in [0.5, 0.6) is 0 Å². The van der Waals surface area contributed by atoms with E-state index in [0.29, 0.717) is 11.3 Å². The summed E-state index contributed by atoms with van der Waals surface area (Å²) in [5.41, 5.74) is 9.90. The molecule has 2 aromatic rings. The number of nitrogens with one attached hydrogen (secondary N) is 1. The minimum Gasteiger partial charge on any atom is -0.399 e. The molecule has 2 rings (SSSR count). The zero-order chi connectivity index (χ0) is 12.8. The van der Waals surface area contributed by atoms with Crippen LogP contribution in [0.2, 0.25) is 0 Å². The molecule has 5 heteroatoms. The summed E-state index contributed by atoms with van der Waals surface area (Å²) in [7, 11) is 0. The molecule has 0 aliphatic rings. The molecule has 1 aromatic carbocycles. The zero-order valence-corrected chi connectivity index (χ0v) is 9.58. The lowest BCUT2D eigenvalue weighted by atomic mass is 10.2. The van der Waals surface area contributed by atoms with Crippen molar-refractivity contribution in [3.05, 3.63) is 59.9 Å². The molecular formula is C13H12N4O. The number of nitrogens with zero attached hydrogens (tertiary/aromatic N) is 2. The summed E-state index contributed by atoms with van der Waals surface area (Å²) >= 11 is 0. The number of anilines is 1. The minimum absolute atomic E-state index is 0.282. The van der Waals surface area contributed by atoms with Crippen LogP contribution in [0, 0.1) is 0 Å². The third kappa shape index (κ3) is 3.15. The van der Waals surface area contributed by atoms with E-state index in [9.17, 15) is 4.79 Å². The van der Waals surface area contributed by atoms with E-state index in [1.54, 1.807) is 42.7 Å². The van der Waals surface area contributed by atoms with Gasteiger partial charge in [-0.15, -0.1) is 0 Å². The van der Waals surface area contributed by atoms with Crippen molar-refractivity contribution in [2.75, 3.05) is 5.73 Å². The Bertz CT molecular complexity index is 549. The number of rotatable bonds is 3. The minimum atomic E-state index is -0.282. The second kappa shape index (κ2) is 5.58. The number of aromatic nitrogens is 1. The van der Waals surface area contributed by atoms with Crippen molar-refractivity contribution in [2.45, 2.75) is 0 Å². The molecule has 3 N–H and O–H groups in total. The fourth-order valence-corrected chi connectivity index (χ4v) is 1.32. The molecule has 0 atom stereocenters. The second-order valence-corrected chi connectivity index (χ2v) is 3.61. The highest BCUT2D eigenvalue weighted by Gasteiger charge is 2.02. The summed E-state index contributed by atoms with van der Waals surface area (Å²) in [5.74, 6) is -0.282. The number of pyridine rings is 1. The third-order valence-electron chi connectivity index (χ3n) is 2.24. The summed E-state index contributed by atoms with van der Waals surface area (Å²) < 4.78 is 0. The molecule has 1 aromatic heterocycles. The van der Waals surface area contributed by atoms with Gasteiger partial charge in [-0.25, -0.2) is 5.43 Å². The average Bonchev–Trinajstić information content (AvgIpc) is 2.40. The standard InChI is InChI=1S/C13H12N4O/c14-12-5-3-11(4-6-12)13(18)17-16-9-10-2-1-7-15-8-10/h1-9H,14H2,(H,17,18). The first-order valence-corrected chi connectivity index (χ1v) is 5.35. The fourth-order valence-electron chi connectivity index (χ4n) is 1.32. The highest BCUT2D eigenvalue weighted by atomic mass is 16.2. The van der Waals surface area contributed by atoms with Gasteiger partial charge in [-0.05, 0) is 30.3 Å². The van der Waals surface area contributed by atoms with Gasteiger partial charge in [0.25, 0.3) is 5.91 Å². The number of hydrazone groups is 1. The maximum absolute atomic E-state index is 11.7. The molecule has 1 amide bonds. The molecule has 18 heavy (non-hydrogen) atoms. The number of nitrogen functional groups attached to an aromatic ring is 1. The molecule has 0 aliphatic carbocycles. The van der Waals surface area contributed by atoms with E-state index in [2.05, 4.69) is 15.5 Å². The number of amides is 1. The number of carbonyl (C=O) groups excluding carboxylic acids is 1. The van der Waals surface area contributed by atoms with Crippen LogP contribution in [-0.4, -0.2) is 17.1 Å². The lowest BCUT2D eigenvalue weighted by molar-refractivity contribution is 0.0955. The van der Waals surface area contributed by atoms with Crippen molar-refractivity contribution in [2.24, 2.45) is 5.10 Å². The van der Waals surface area contributed by atoms with Gasteiger partial charge >= 0.3 is 0 Å². The second-order valence-electron chi connectivity index (χ2n) is 3.61. The Kier molecular flexibility index (Phi) is 3.66. The summed E-state index contributed by atoms with van der Waals surface area (Å²) in [6, 6.07) is 10.3. The molecular weight excluding hydrogens is 228 g/mol. The molecule has 0 saturated carbocycles. The average molecular weight is 240 g/mol. The Morgan fingerprint density at radius 1 is 1.28 bits per heavy atom. The van der Waals surface area contributed by atoms with Crippen molar-refractivity contribution in [1.29, 1.82) is 0 Å². The Hall–Kier alpha value is -2.69. The van der Waals surface area contributed by atoms with Gasteiger partial charge in [-0.2, -0.15) is 5.10 Å². The van der Waals surface area contributed by atoms with E-state index >= 15 is 0 Å². The van der Waals surface area contributed by atoms with Crippen molar-refractivity contribution in [1.82, 2.24) is 10.4 Å². The van der Waals surface area contributed by atoms with Crippen molar-refractivity contribution in [3.8, 4) is 0 Å². The molecule has 0 radical (unpaired) electrons. The van der Waals surface area contributed by atoms with Gasteiger partial charge in [0.15, 0.2) is 0 Å². The van der Waals surface area contributed by atoms with Crippen molar-refractivity contribution >= 4 is 17.8 Å². The van der Waals surface area contributed by atoms with Gasteiger partial charge in [0.1, 0.15) is 0 Å². The zero-order valence-electron chi connectivity index (χ0n) is 9.58. The Morgan fingerprint density at radius 2 is 2.06 bits per heavy atom. The van der Waals surface area contributed by atoms with E-state index in [4.69, 9.17) is 5.73 Å². The van der Waals surface area contributed by atoms with E-state index in [-0.39, 0.29) is 5.91 Å². The van der Waals surface area contributed by atoms with Crippen LogP contribution in [0.15, 0.2) is 53.9 Å². The number of hydrogen-bond donors (Lipinski definition) is 2. The lowest BCUT2D eigenvalue weighted by Crippen LogP contribution is -2.17. The molecule has 0 spiro atoms. The summed E-state index contributed by atoms with van der Waals surface area (Å²) in [6.45, 7) is 0. The number of hydrogen-bond acceptors (Lipinski definition) is 4.